The number of rotatable bonds is 4. The fourth-order valence-electron chi connectivity index (χ4n) is 1.63. The van der Waals surface area contributed by atoms with E-state index in [0.717, 1.165) is 12.1 Å². The van der Waals surface area contributed by atoms with Gasteiger partial charge in [0.15, 0.2) is 0 Å². The molecule has 2 nitrogen and oxygen atoms in total. The molecule has 19 heavy (non-hydrogen) atoms. The van der Waals surface area contributed by atoms with Gasteiger partial charge in [0, 0.05) is 4.91 Å². The summed E-state index contributed by atoms with van der Waals surface area (Å²) in [5.41, 5.74) is 4.46. The molecule has 1 rings (SSSR count). The number of hydrogen-bond donors (Lipinski definition) is 2. The highest BCUT2D eigenvalue weighted by molar-refractivity contribution is 8.08. The SMILES string of the molecule is C/C=C(\SC(C)N)c1c(F)cc(C(C)(C)O)cc1F. The van der Waals surface area contributed by atoms with Crippen LogP contribution in [0.1, 0.15) is 38.8 Å². The van der Waals surface area contributed by atoms with Crippen molar-refractivity contribution in [3.8, 4) is 0 Å². The molecule has 1 unspecified atom stereocenters. The van der Waals surface area contributed by atoms with Gasteiger partial charge in [0.2, 0.25) is 0 Å². The lowest BCUT2D eigenvalue weighted by Crippen LogP contribution is -2.17. The van der Waals surface area contributed by atoms with Crippen LogP contribution < -0.4 is 5.73 Å². The molecule has 5 heteroatoms. The smallest absolute Gasteiger partial charge is 0.134 e. The summed E-state index contributed by atoms with van der Waals surface area (Å²) in [6, 6.07) is 2.31. The van der Waals surface area contributed by atoms with Crippen molar-refractivity contribution in [3.63, 3.8) is 0 Å². The predicted octanol–water partition coefficient (Wildman–Crippen LogP) is 3.59. The monoisotopic (exact) mass is 287 g/mol. The topological polar surface area (TPSA) is 46.2 Å². The van der Waals surface area contributed by atoms with Crippen LogP contribution >= 0.6 is 11.8 Å². The first-order valence-corrected chi connectivity index (χ1v) is 6.85. The molecular formula is C14H19F2NOS. The van der Waals surface area contributed by atoms with E-state index in [-0.39, 0.29) is 16.5 Å². The number of allylic oxidation sites excluding steroid dienone is 1. The summed E-state index contributed by atoms with van der Waals surface area (Å²) in [7, 11) is 0. The number of nitrogens with two attached hydrogens (primary N) is 1. The van der Waals surface area contributed by atoms with Crippen LogP contribution in [0.25, 0.3) is 4.91 Å². The van der Waals surface area contributed by atoms with Crippen LogP contribution in [-0.2, 0) is 5.60 Å². The van der Waals surface area contributed by atoms with Gasteiger partial charge in [-0.15, -0.1) is 11.8 Å². The lowest BCUT2D eigenvalue weighted by molar-refractivity contribution is 0.0778. The molecule has 0 aliphatic carbocycles. The predicted molar refractivity (Wildman–Crippen MR) is 76.5 cm³/mol. The van der Waals surface area contributed by atoms with Gasteiger partial charge in [0.1, 0.15) is 11.6 Å². The molecule has 0 aliphatic heterocycles. The second-order valence-corrected chi connectivity index (χ2v) is 6.27. The maximum Gasteiger partial charge on any atom is 0.134 e. The van der Waals surface area contributed by atoms with Gasteiger partial charge in [-0.05, 0) is 45.4 Å². The molecule has 0 fully saturated rings. The van der Waals surface area contributed by atoms with Gasteiger partial charge in [0.05, 0.1) is 16.5 Å². The van der Waals surface area contributed by atoms with E-state index in [1.54, 1.807) is 19.9 Å². The van der Waals surface area contributed by atoms with Crippen LogP contribution in [0, 0.1) is 11.6 Å². The number of halogens is 2. The van der Waals surface area contributed by atoms with E-state index in [9.17, 15) is 13.9 Å². The van der Waals surface area contributed by atoms with Crippen molar-refractivity contribution in [3.05, 3.63) is 41.0 Å². The van der Waals surface area contributed by atoms with E-state index in [1.165, 1.54) is 25.6 Å². The summed E-state index contributed by atoms with van der Waals surface area (Å²) in [6.07, 6.45) is 1.62. The third-order valence-electron chi connectivity index (χ3n) is 2.57. The summed E-state index contributed by atoms with van der Waals surface area (Å²) in [5, 5.41) is 9.53. The Hall–Kier alpha value is -0.910. The molecule has 0 aromatic heterocycles. The molecule has 0 aliphatic rings. The molecule has 0 saturated carbocycles. The highest BCUT2D eigenvalue weighted by Crippen LogP contribution is 2.35. The van der Waals surface area contributed by atoms with Gasteiger partial charge in [-0.3, -0.25) is 0 Å². The van der Waals surface area contributed by atoms with Crippen molar-refractivity contribution in [2.24, 2.45) is 5.73 Å². The largest absolute Gasteiger partial charge is 0.386 e. The normalized spacial score (nSPS) is 14.6. The first-order chi connectivity index (χ1) is 8.66. The average Bonchev–Trinajstić information content (AvgIpc) is 2.24. The standard InChI is InChI=1S/C14H19F2NOS/c1-5-12(19-8(2)17)13-10(15)6-9(7-11(13)16)14(3,4)18/h5-8,18H,17H2,1-4H3/b12-5-. The van der Waals surface area contributed by atoms with Crippen LogP contribution in [0.2, 0.25) is 0 Å². The zero-order valence-electron chi connectivity index (χ0n) is 11.5. The van der Waals surface area contributed by atoms with Crippen LogP contribution in [0.4, 0.5) is 8.78 Å². The molecular weight excluding hydrogens is 268 g/mol. The van der Waals surface area contributed by atoms with Crippen LogP contribution in [0.3, 0.4) is 0 Å². The van der Waals surface area contributed by atoms with Crippen molar-refractivity contribution < 1.29 is 13.9 Å². The summed E-state index contributed by atoms with van der Waals surface area (Å²) < 4.78 is 28.2. The minimum absolute atomic E-state index is 0.0993. The fourth-order valence-corrected chi connectivity index (χ4v) is 2.48. The van der Waals surface area contributed by atoms with Gasteiger partial charge in [-0.2, -0.15) is 0 Å². The van der Waals surface area contributed by atoms with Crippen molar-refractivity contribution in [1.29, 1.82) is 0 Å². The Morgan fingerprint density at radius 1 is 1.37 bits per heavy atom. The molecule has 0 amide bonds. The maximum absolute atomic E-state index is 14.1. The van der Waals surface area contributed by atoms with Crippen molar-refractivity contribution >= 4 is 16.7 Å². The maximum atomic E-state index is 14.1. The Morgan fingerprint density at radius 3 is 2.16 bits per heavy atom. The third-order valence-corrected chi connectivity index (χ3v) is 3.64. The van der Waals surface area contributed by atoms with E-state index >= 15 is 0 Å². The molecule has 0 radical (unpaired) electrons. The number of aliphatic hydroxyl groups is 1. The number of benzene rings is 1. The van der Waals surface area contributed by atoms with E-state index < -0.39 is 17.2 Å². The van der Waals surface area contributed by atoms with E-state index in [1.807, 2.05) is 0 Å². The van der Waals surface area contributed by atoms with Crippen LogP contribution in [-0.4, -0.2) is 10.5 Å². The Balaban J connectivity index is 3.31. The Morgan fingerprint density at radius 2 is 1.84 bits per heavy atom. The molecule has 3 N–H and O–H groups in total. The fraction of sp³-hybridized carbons (Fsp3) is 0.429. The van der Waals surface area contributed by atoms with Crippen LogP contribution in [0.15, 0.2) is 18.2 Å². The molecule has 1 atom stereocenters. The van der Waals surface area contributed by atoms with Gasteiger partial charge in [0.25, 0.3) is 0 Å². The quantitative estimate of drug-likeness (QED) is 0.832. The molecule has 1 aromatic carbocycles. The Labute approximate surface area is 116 Å². The Kier molecular flexibility index (Phi) is 5.12. The van der Waals surface area contributed by atoms with Gasteiger partial charge < -0.3 is 10.8 Å². The summed E-state index contributed by atoms with van der Waals surface area (Å²) >= 11 is 1.19. The van der Waals surface area contributed by atoms with E-state index in [4.69, 9.17) is 5.73 Å². The summed E-state index contributed by atoms with van der Waals surface area (Å²) in [4.78, 5) is 0.451. The molecule has 0 bridgehead atoms. The molecule has 0 spiro atoms. The minimum Gasteiger partial charge on any atom is -0.386 e. The van der Waals surface area contributed by atoms with E-state index in [0.29, 0.717) is 4.91 Å². The van der Waals surface area contributed by atoms with Crippen molar-refractivity contribution in [1.82, 2.24) is 0 Å². The first kappa shape index (κ1) is 16.1. The molecule has 1 aromatic rings. The highest BCUT2D eigenvalue weighted by Gasteiger charge is 2.22. The summed E-state index contributed by atoms with van der Waals surface area (Å²) in [6.45, 7) is 6.41. The lowest BCUT2D eigenvalue weighted by atomic mass is 9.96. The second-order valence-electron chi connectivity index (χ2n) is 4.85. The third kappa shape index (κ3) is 4.03. The first-order valence-electron chi connectivity index (χ1n) is 5.97. The van der Waals surface area contributed by atoms with E-state index in [2.05, 4.69) is 0 Å². The van der Waals surface area contributed by atoms with Crippen LogP contribution in [0.5, 0.6) is 0 Å². The Bertz CT molecular complexity index is 470. The molecule has 0 heterocycles. The average molecular weight is 287 g/mol. The van der Waals surface area contributed by atoms with Gasteiger partial charge >= 0.3 is 0 Å². The van der Waals surface area contributed by atoms with Crippen molar-refractivity contribution in [2.75, 3.05) is 0 Å². The zero-order valence-corrected chi connectivity index (χ0v) is 12.3. The second kappa shape index (κ2) is 6.03. The highest BCUT2D eigenvalue weighted by atomic mass is 32.2. The number of thioether (sulfide) groups is 1. The molecule has 106 valence electrons. The zero-order chi connectivity index (χ0) is 14.8. The lowest BCUT2D eigenvalue weighted by Gasteiger charge is -2.20. The molecule has 0 saturated heterocycles. The number of hydrogen-bond acceptors (Lipinski definition) is 3. The summed E-state index contributed by atoms with van der Waals surface area (Å²) in [5.74, 6) is -1.39. The van der Waals surface area contributed by atoms with Crippen molar-refractivity contribution in [2.45, 2.75) is 38.7 Å². The minimum atomic E-state index is -1.29. The van der Waals surface area contributed by atoms with Gasteiger partial charge in [-0.1, -0.05) is 6.08 Å². The van der Waals surface area contributed by atoms with Gasteiger partial charge in [-0.25, -0.2) is 8.78 Å².